The maximum atomic E-state index is 12.6. The van der Waals surface area contributed by atoms with E-state index in [-0.39, 0.29) is 18.2 Å². The van der Waals surface area contributed by atoms with Crippen LogP contribution in [0, 0.1) is 20.8 Å². The summed E-state index contributed by atoms with van der Waals surface area (Å²) in [5, 5.41) is 3.02. The average Bonchev–Trinajstić information content (AvgIpc) is 2.93. The molecule has 1 aliphatic heterocycles. The van der Waals surface area contributed by atoms with E-state index in [1.54, 1.807) is 14.2 Å². The second-order valence-corrected chi connectivity index (χ2v) is 8.27. The quantitative estimate of drug-likeness (QED) is 0.800. The van der Waals surface area contributed by atoms with Gasteiger partial charge in [-0.15, -0.1) is 0 Å². The van der Waals surface area contributed by atoms with Gasteiger partial charge in [-0.05, 0) is 44.0 Å². The highest BCUT2D eigenvalue weighted by molar-refractivity contribution is 8.15. The van der Waals surface area contributed by atoms with Gasteiger partial charge in [-0.3, -0.25) is 14.5 Å². The first-order chi connectivity index (χ1) is 13.8. The molecule has 0 spiro atoms. The van der Waals surface area contributed by atoms with Crippen LogP contribution < -0.4 is 10.1 Å². The Morgan fingerprint density at radius 3 is 2.52 bits per heavy atom. The molecule has 1 aliphatic rings. The Bertz CT molecular complexity index is 964. The van der Waals surface area contributed by atoms with Crippen molar-refractivity contribution >= 4 is 40.1 Å². The van der Waals surface area contributed by atoms with Crippen LogP contribution >= 0.6 is 11.8 Å². The minimum atomic E-state index is -0.500. The van der Waals surface area contributed by atoms with Crippen molar-refractivity contribution in [2.75, 3.05) is 19.5 Å². The Morgan fingerprint density at radius 2 is 1.86 bits per heavy atom. The number of aryl methyl sites for hydroxylation is 3. The molecule has 0 aromatic heterocycles. The van der Waals surface area contributed by atoms with Gasteiger partial charge in [0.15, 0.2) is 5.17 Å². The maximum absolute atomic E-state index is 12.6. The van der Waals surface area contributed by atoms with Crippen molar-refractivity contribution in [3.05, 3.63) is 53.1 Å². The van der Waals surface area contributed by atoms with Gasteiger partial charge < -0.3 is 10.1 Å². The molecule has 3 rings (SSSR count). The van der Waals surface area contributed by atoms with E-state index in [4.69, 9.17) is 4.74 Å². The molecule has 1 unspecified atom stereocenters. The zero-order valence-electron chi connectivity index (χ0n) is 17.3. The van der Waals surface area contributed by atoms with E-state index in [1.165, 1.54) is 16.7 Å². The molecular weight excluding hydrogens is 386 g/mol. The Balaban J connectivity index is 1.73. The minimum absolute atomic E-state index is 0.0888. The van der Waals surface area contributed by atoms with E-state index in [1.807, 2.05) is 57.2 Å². The molecule has 0 radical (unpaired) electrons. The van der Waals surface area contributed by atoms with Crippen LogP contribution in [0.4, 0.5) is 11.4 Å². The van der Waals surface area contributed by atoms with Gasteiger partial charge in [0.2, 0.25) is 11.8 Å². The van der Waals surface area contributed by atoms with Crippen molar-refractivity contribution in [1.82, 2.24) is 4.90 Å². The van der Waals surface area contributed by atoms with Crippen molar-refractivity contribution < 1.29 is 14.3 Å². The van der Waals surface area contributed by atoms with Gasteiger partial charge in [0, 0.05) is 19.2 Å². The van der Waals surface area contributed by atoms with Gasteiger partial charge in [-0.2, -0.15) is 0 Å². The SMILES string of the molecule is COc1ccccc1N=C1SC(CC(=O)Nc2c(C)cc(C)cc2C)C(=O)N1C. The summed E-state index contributed by atoms with van der Waals surface area (Å²) in [6, 6.07) is 11.4. The number of amides is 2. The van der Waals surface area contributed by atoms with Gasteiger partial charge in [0.1, 0.15) is 16.7 Å². The molecule has 29 heavy (non-hydrogen) atoms. The molecule has 6 nitrogen and oxygen atoms in total. The van der Waals surface area contributed by atoms with Crippen molar-refractivity contribution in [2.45, 2.75) is 32.4 Å². The first-order valence-corrected chi connectivity index (χ1v) is 10.2. The number of nitrogens with one attached hydrogen (secondary N) is 1. The summed E-state index contributed by atoms with van der Waals surface area (Å²) in [5.41, 5.74) is 4.63. The molecule has 1 fully saturated rings. The van der Waals surface area contributed by atoms with Crippen molar-refractivity contribution in [2.24, 2.45) is 4.99 Å². The monoisotopic (exact) mass is 411 g/mol. The normalized spacial score (nSPS) is 17.7. The van der Waals surface area contributed by atoms with Gasteiger partial charge in [-0.1, -0.05) is 41.6 Å². The van der Waals surface area contributed by atoms with Crippen molar-refractivity contribution in [3.63, 3.8) is 0 Å². The average molecular weight is 412 g/mol. The molecule has 1 heterocycles. The molecule has 2 aromatic rings. The Kier molecular flexibility index (Phi) is 6.27. The molecular formula is C22H25N3O3S. The summed E-state index contributed by atoms with van der Waals surface area (Å²) < 4.78 is 5.32. The third-order valence-electron chi connectivity index (χ3n) is 4.75. The zero-order chi connectivity index (χ0) is 21.1. The van der Waals surface area contributed by atoms with Gasteiger partial charge in [-0.25, -0.2) is 4.99 Å². The highest BCUT2D eigenvalue weighted by Gasteiger charge is 2.37. The Labute approximate surface area is 175 Å². The van der Waals surface area contributed by atoms with Gasteiger partial charge in [0.25, 0.3) is 0 Å². The fraction of sp³-hybridized carbons (Fsp3) is 0.318. The number of carbonyl (C=O) groups excluding carboxylic acids is 2. The fourth-order valence-corrected chi connectivity index (χ4v) is 4.51. The van der Waals surface area contributed by atoms with Crippen LogP contribution in [-0.2, 0) is 9.59 Å². The summed E-state index contributed by atoms with van der Waals surface area (Å²) >= 11 is 1.30. The first-order valence-electron chi connectivity index (χ1n) is 9.33. The number of methoxy groups -OCH3 is 1. The second kappa shape index (κ2) is 8.69. The number of rotatable bonds is 5. The van der Waals surface area contributed by atoms with Crippen LogP contribution in [0.5, 0.6) is 5.75 Å². The van der Waals surface area contributed by atoms with Crippen LogP contribution in [0.3, 0.4) is 0 Å². The number of anilines is 1. The van der Waals surface area contributed by atoms with Gasteiger partial charge in [0.05, 0.1) is 7.11 Å². The molecule has 7 heteroatoms. The third-order valence-corrected chi connectivity index (χ3v) is 5.98. The summed E-state index contributed by atoms with van der Waals surface area (Å²) in [6.45, 7) is 5.96. The number of hydrogen-bond donors (Lipinski definition) is 1. The topological polar surface area (TPSA) is 71.0 Å². The lowest BCUT2D eigenvalue weighted by Gasteiger charge is -2.14. The predicted octanol–water partition coefficient (Wildman–Crippen LogP) is 4.21. The van der Waals surface area contributed by atoms with Crippen molar-refractivity contribution in [1.29, 1.82) is 0 Å². The number of aliphatic imine (C=N–C) groups is 1. The van der Waals surface area contributed by atoms with E-state index in [2.05, 4.69) is 10.3 Å². The lowest BCUT2D eigenvalue weighted by Crippen LogP contribution is -2.30. The number of nitrogens with zero attached hydrogens (tertiary/aromatic N) is 2. The summed E-state index contributed by atoms with van der Waals surface area (Å²) in [7, 11) is 3.26. The summed E-state index contributed by atoms with van der Waals surface area (Å²) in [6.07, 6.45) is 0.0888. The van der Waals surface area contributed by atoms with E-state index < -0.39 is 5.25 Å². The highest BCUT2D eigenvalue weighted by Crippen LogP contribution is 2.34. The third kappa shape index (κ3) is 4.62. The highest BCUT2D eigenvalue weighted by atomic mass is 32.2. The molecule has 2 amide bonds. The minimum Gasteiger partial charge on any atom is -0.494 e. The van der Waals surface area contributed by atoms with Crippen molar-refractivity contribution in [3.8, 4) is 5.75 Å². The number of amidine groups is 1. The van der Waals surface area contributed by atoms with E-state index in [0.29, 0.717) is 16.6 Å². The molecule has 152 valence electrons. The number of ether oxygens (including phenoxy) is 1. The number of carbonyl (C=O) groups is 2. The van der Waals surface area contributed by atoms with Crippen LogP contribution in [0.1, 0.15) is 23.1 Å². The van der Waals surface area contributed by atoms with Crippen LogP contribution in [-0.4, -0.2) is 41.3 Å². The van der Waals surface area contributed by atoms with E-state index >= 15 is 0 Å². The summed E-state index contributed by atoms with van der Waals surface area (Å²) in [4.78, 5) is 31.3. The second-order valence-electron chi connectivity index (χ2n) is 7.10. The summed E-state index contributed by atoms with van der Waals surface area (Å²) in [5.74, 6) is 0.321. The molecule has 1 atom stereocenters. The molecule has 0 saturated carbocycles. The number of benzene rings is 2. The maximum Gasteiger partial charge on any atom is 0.242 e. The number of thioether (sulfide) groups is 1. The molecule has 2 aromatic carbocycles. The van der Waals surface area contributed by atoms with Crippen LogP contribution in [0.15, 0.2) is 41.4 Å². The van der Waals surface area contributed by atoms with E-state index in [9.17, 15) is 9.59 Å². The Hall–Kier alpha value is -2.80. The molecule has 0 aliphatic carbocycles. The fourth-order valence-electron chi connectivity index (χ4n) is 3.36. The van der Waals surface area contributed by atoms with Gasteiger partial charge >= 0.3 is 0 Å². The first kappa shape index (κ1) is 20.9. The zero-order valence-corrected chi connectivity index (χ0v) is 18.1. The molecule has 1 saturated heterocycles. The standard InChI is InChI=1S/C22H25N3O3S/c1-13-10-14(2)20(15(3)11-13)24-19(26)12-18-21(27)25(4)22(29-18)23-16-8-6-7-9-17(16)28-5/h6-11,18H,12H2,1-5H3,(H,24,26). The van der Waals surface area contributed by atoms with E-state index in [0.717, 1.165) is 22.4 Å². The lowest BCUT2D eigenvalue weighted by molar-refractivity contribution is -0.127. The number of para-hydroxylation sites is 2. The lowest BCUT2D eigenvalue weighted by atomic mass is 10.0. The van der Waals surface area contributed by atoms with Crippen LogP contribution in [0.2, 0.25) is 0 Å². The molecule has 0 bridgehead atoms. The smallest absolute Gasteiger partial charge is 0.242 e. The predicted molar refractivity (Wildman–Crippen MR) is 118 cm³/mol. The largest absolute Gasteiger partial charge is 0.494 e. The number of hydrogen-bond acceptors (Lipinski definition) is 5. The Morgan fingerprint density at radius 1 is 1.21 bits per heavy atom. The molecule has 1 N–H and O–H groups in total. The van der Waals surface area contributed by atoms with Crippen LogP contribution in [0.25, 0.3) is 0 Å².